The van der Waals surface area contributed by atoms with Gasteiger partial charge in [-0.3, -0.25) is 0 Å². The molecule has 0 amide bonds. The number of benzene rings is 1. The predicted molar refractivity (Wildman–Crippen MR) is 88.9 cm³/mol. The number of nitrogens with one attached hydrogen (secondary N) is 1. The van der Waals surface area contributed by atoms with Gasteiger partial charge >= 0.3 is 0 Å². The first-order chi connectivity index (χ1) is 10.1. The zero-order valence-electron chi connectivity index (χ0n) is 14.0. The van der Waals surface area contributed by atoms with Crippen LogP contribution in [0.2, 0.25) is 0 Å². The second-order valence-electron chi connectivity index (χ2n) is 6.56. The van der Waals surface area contributed by atoms with E-state index in [9.17, 15) is 0 Å². The quantitative estimate of drug-likeness (QED) is 0.866. The highest BCUT2D eigenvalue weighted by Crippen LogP contribution is 2.32. The Kier molecular flexibility index (Phi) is 5.65. The van der Waals surface area contributed by atoms with Crippen LogP contribution in [0.1, 0.15) is 50.6 Å². The van der Waals surface area contributed by atoms with Gasteiger partial charge in [0.1, 0.15) is 5.75 Å². The Hall–Kier alpha value is -1.06. The van der Waals surface area contributed by atoms with Gasteiger partial charge in [-0.2, -0.15) is 0 Å². The molecule has 1 aromatic rings. The molecule has 0 aliphatic heterocycles. The standard InChI is InChI=1S/C18H30N2O/c1-15(16-8-10-17(21-4)11-9-16)19-14-18(20(2)3)12-6-5-7-13-18/h8-11,15,19H,5-7,12-14H2,1-4H3. The summed E-state index contributed by atoms with van der Waals surface area (Å²) < 4.78 is 5.22. The molecule has 0 radical (unpaired) electrons. The third-order valence-electron chi connectivity index (χ3n) is 5.09. The molecule has 1 unspecified atom stereocenters. The van der Waals surface area contributed by atoms with Crippen molar-refractivity contribution in [2.45, 2.75) is 50.6 Å². The first kappa shape index (κ1) is 16.3. The van der Waals surface area contributed by atoms with Crippen molar-refractivity contribution in [3.8, 4) is 5.75 Å². The molecular weight excluding hydrogens is 260 g/mol. The Balaban J connectivity index is 1.96. The molecule has 3 nitrogen and oxygen atoms in total. The fourth-order valence-corrected chi connectivity index (χ4v) is 3.35. The van der Waals surface area contributed by atoms with Crippen molar-refractivity contribution in [3.05, 3.63) is 29.8 Å². The molecule has 0 saturated heterocycles. The summed E-state index contributed by atoms with van der Waals surface area (Å²) >= 11 is 0. The van der Waals surface area contributed by atoms with Gasteiger partial charge in [-0.1, -0.05) is 31.4 Å². The largest absolute Gasteiger partial charge is 0.497 e. The smallest absolute Gasteiger partial charge is 0.118 e. The SMILES string of the molecule is COc1ccc(C(C)NCC2(N(C)C)CCCCC2)cc1. The highest BCUT2D eigenvalue weighted by Gasteiger charge is 2.34. The first-order valence-corrected chi connectivity index (χ1v) is 8.12. The molecule has 21 heavy (non-hydrogen) atoms. The van der Waals surface area contributed by atoms with Crippen LogP contribution in [0.5, 0.6) is 5.75 Å². The number of rotatable bonds is 6. The Labute approximate surface area is 129 Å². The monoisotopic (exact) mass is 290 g/mol. The second-order valence-corrected chi connectivity index (χ2v) is 6.56. The third-order valence-corrected chi connectivity index (χ3v) is 5.09. The molecule has 3 heteroatoms. The topological polar surface area (TPSA) is 24.5 Å². The number of nitrogens with zero attached hydrogens (tertiary/aromatic N) is 1. The zero-order valence-corrected chi connectivity index (χ0v) is 14.0. The summed E-state index contributed by atoms with van der Waals surface area (Å²) in [6, 6.07) is 8.75. The first-order valence-electron chi connectivity index (χ1n) is 8.12. The average molecular weight is 290 g/mol. The normalized spacial score (nSPS) is 19.5. The molecule has 1 atom stereocenters. The minimum absolute atomic E-state index is 0.332. The van der Waals surface area contributed by atoms with Crippen LogP contribution in [0.4, 0.5) is 0 Å². The molecule has 1 aromatic carbocycles. The molecule has 1 aliphatic carbocycles. The molecular formula is C18H30N2O. The Morgan fingerprint density at radius 2 is 1.76 bits per heavy atom. The summed E-state index contributed by atoms with van der Waals surface area (Å²) in [4.78, 5) is 2.43. The zero-order chi connectivity index (χ0) is 15.3. The van der Waals surface area contributed by atoms with Gasteiger partial charge in [-0.05, 0) is 51.6 Å². The van der Waals surface area contributed by atoms with E-state index in [0.29, 0.717) is 11.6 Å². The van der Waals surface area contributed by atoms with Gasteiger partial charge in [0, 0.05) is 18.1 Å². The van der Waals surface area contributed by atoms with Gasteiger partial charge in [0.2, 0.25) is 0 Å². The third kappa shape index (κ3) is 3.98. The highest BCUT2D eigenvalue weighted by molar-refractivity contribution is 5.28. The minimum atomic E-state index is 0.332. The van der Waals surface area contributed by atoms with E-state index in [1.807, 2.05) is 12.1 Å². The van der Waals surface area contributed by atoms with E-state index in [4.69, 9.17) is 4.74 Å². The molecule has 1 saturated carbocycles. The van der Waals surface area contributed by atoms with Crippen LogP contribution in [0.3, 0.4) is 0 Å². The van der Waals surface area contributed by atoms with Gasteiger partial charge in [-0.15, -0.1) is 0 Å². The maximum absolute atomic E-state index is 5.22. The van der Waals surface area contributed by atoms with Crippen LogP contribution in [0, 0.1) is 0 Å². The van der Waals surface area contributed by atoms with Crippen molar-refractivity contribution in [1.82, 2.24) is 10.2 Å². The average Bonchev–Trinajstić information content (AvgIpc) is 2.53. The van der Waals surface area contributed by atoms with Crippen molar-refractivity contribution in [2.75, 3.05) is 27.7 Å². The Morgan fingerprint density at radius 1 is 1.14 bits per heavy atom. The predicted octanol–water partition coefficient (Wildman–Crippen LogP) is 3.61. The summed E-state index contributed by atoms with van der Waals surface area (Å²) in [5, 5.41) is 3.75. The maximum atomic E-state index is 5.22. The minimum Gasteiger partial charge on any atom is -0.497 e. The molecule has 0 heterocycles. The summed E-state index contributed by atoms with van der Waals surface area (Å²) in [6.45, 7) is 3.31. The van der Waals surface area contributed by atoms with Crippen LogP contribution < -0.4 is 10.1 Å². The number of methoxy groups -OCH3 is 1. The molecule has 2 rings (SSSR count). The number of likely N-dealkylation sites (N-methyl/N-ethyl adjacent to an activating group) is 1. The van der Waals surface area contributed by atoms with E-state index in [1.165, 1.54) is 37.7 Å². The van der Waals surface area contributed by atoms with Gasteiger partial charge in [-0.25, -0.2) is 0 Å². The number of hydrogen-bond acceptors (Lipinski definition) is 3. The lowest BCUT2D eigenvalue weighted by atomic mass is 9.80. The molecule has 0 aromatic heterocycles. The van der Waals surface area contributed by atoms with Gasteiger partial charge in [0.25, 0.3) is 0 Å². The number of ether oxygens (including phenoxy) is 1. The van der Waals surface area contributed by atoms with Crippen molar-refractivity contribution in [3.63, 3.8) is 0 Å². The summed E-state index contributed by atoms with van der Waals surface area (Å²) in [5.74, 6) is 0.919. The van der Waals surface area contributed by atoms with E-state index < -0.39 is 0 Å². The van der Waals surface area contributed by atoms with Crippen LogP contribution in [0.25, 0.3) is 0 Å². The fraction of sp³-hybridized carbons (Fsp3) is 0.667. The van der Waals surface area contributed by atoms with Crippen LogP contribution in [-0.4, -0.2) is 38.2 Å². The second kappa shape index (κ2) is 7.28. The maximum Gasteiger partial charge on any atom is 0.118 e. The van der Waals surface area contributed by atoms with Gasteiger partial charge < -0.3 is 15.0 Å². The van der Waals surface area contributed by atoms with Gasteiger partial charge in [0.05, 0.1) is 7.11 Å². The molecule has 118 valence electrons. The summed E-state index contributed by atoms with van der Waals surface area (Å²) in [5.41, 5.74) is 1.65. The van der Waals surface area contributed by atoms with Crippen LogP contribution in [0.15, 0.2) is 24.3 Å². The van der Waals surface area contributed by atoms with Gasteiger partial charge in [0.15, 0.2) is 0 Å². The van der Waals surface area contributed by atoms with Crippen molar-refractivity contribution < 1.29 is 4.74 Å². The molecule has 1 N–H and O–H groups in total. The molecule has 1 aliphatic rings. The van der Waals surface area contributed by atoms with Crippen LogP contribution in [-0.2, 0) is 0 Å². The van der Waals surface area contributed by atoms with E-state index in [-0.39, 0.29) is 0 Å². The molecule has 0 spiro atoms. The van der Waals surface area contributed by atoms with Crippen LogP contribution >= 0.6 is 0 Å². The summed E-state index contributed by atoms with van der Waals surface area (Å²) in [6.07, 6.45) is 6.72. The van der Waals surface area contributed by atoms with E-state index in [0.717, 1.165) is 12.3 Å². The van der Waals surface area contributed by atoms with Crippen molar-refractivity contribution >= 4 is 0 Å². The van der Waals surface area contributed by atoms with E-state index in [2.05, 4.69) is 43.4 Å². The molecule has 0 bridgehead atoms. The Bertz CT molecular complexity index is 421. The Morgan fingerprint density at radius 3 is 2.29 bits per heavy atom. The highest BCUT2D eigenvalue weighted by atomic mass is 16.5. The number of hydrogen-bond donors (Lipinski definition) is 1. The summed E-state index contributed by atoms with van der Waals surface area (Å²) in [7, 11) is 6.16. The van der Waals surface area contributed by atoms with Crippen molar-refractivity contribution in [2.24, 2.45) is 0 Å². The lowest BCUT2D eigenvalue weighted by molar-refractivity contribution is 0.0958. The molecule has 1 fully saturated rings. The van der Waals surface area contributed by atoms with E-state index >= 15 is 0 Å². The lowest BCUT2D eigenvalue weighted by Gasteiger charge is -2.44. The van der Waals surface area contributed by atoms with E-state index in [1.54, 1.807) is 7.11 Å². The lowest BCUT2D eigenvalue weighted by Crippen LogP contribution is -2.53. The fourth-order valence-electron chi connectivity index (χ4n) is 3.35. The van der Waals surface area contributed by atoms with Crippen molar-refractivity contribution in [1.29, 1.82) is 0 Å².